The van der Waals surface area contributed by atoms with Crippen molar-refractivity contribution in [1.82, 2.24) is 5.32 Å². The topological polar surface area (TPSA) is 157 Å². The van der Waals surface area contributed by atoms with E-state index < -0.39 is 63.0 Å². The third kappa shape index (κ3) is 5.53. The second-order valence-corrected chi connectivity index (χ2v) is 25.0. The lowest BCUT2D eigenvalue weighted by molar-refractivity contribution is -0.360. The van der Waals surface area contributed by atoms with Gasteiger partial charge in [-0.15, -0.1) is 0 Å². The van der Waals surface area contributed by atoms with Crippen LogP contribution in [0.1, 0.15) is 165 Å². The van der Waals surface area contributed by atoms with Gasteiger partial charge in [0.15, 0.2) is 0 Å². The van der Waals surface area contributed by atoms with Crippen LogP contribution in [0.5, 0.6) is 0 Å². The Kier molecular flexibility index (Phi) is 10.5. The molecule has 1 aromatic rings. The molecule has 12 aliphatic rings. The molecule has 4 bridgehead atoms. The Hall–Kier alpha value is -2.58. The Bertz CT molecular complexity index is 2230. The van der Waals surface area contributed by atoms with Crippen molar-refractivity contribution in [3.8, 4) is 11.8 Å². The van der Waals surface area contributed by atoms with Crippen LogP contribution in [0, 0.1) is 86.8 Å². The summed E-state index contributed by atoms with van der Waals surface area (Å²) in [5.74, 6) is 5.93. The Morgan fingerprint density at radius 2 is 1.70 bits per heavy atom. The number of fused-ring (bicyclic) bond motifs is 7. The highest BCUT2D eigenvalue weighted by atomic mass is 16.5. The van der Waals surface area contributed by atoms with Crippen LogP contribution >= 0.6 is 0 Å². The van der Waals surface area contributed by atoms with Crippen LogP contribution in [0.15, 0.2) is 29.8 Å². The summed E-state index contributed by atoms with van der Waals surface area (Å²) in [7, 11) is 1.95. The molecule has 13 rings (SSSR count). The highest BCUT2D eigenvalue weighted by molar-refractivity contribution is 5.86. The SMILES string of the molecule is CNC1Cc2c(cccc2CO)C#CCCC23CCC4C(O)(CC5CC(C(C)C6CCCC6)CCC6C(O)C7(CCCC78CCCC8)CC4(C=O)C56O)C2(O)CC2CC1C1OC(=O)C=C1C23. The summed E-state index contributed by atoms with van der Waals surface area (Å²) in [6.45, 7) is 2.32. The standard InChI is InChI=1S/C57H77NO8/c1-34(35-11-3-4-12-35)37-16-17-44-50(62)53(23-10-21-51(53)19-7-8-20-51)32-54(33-60)46-18-24-52-22-6-5-13-36-14-9-15-38(31-59)41(36)27-45(58-2)42-26-39(48(52)43-28-47(61)66-49(42)43)29-56(52,64)55(46,63)30-40(25-37)57(44,54)65/h9,14-15,28,33-35,37,39-40,42,44-46,48-50,58-59,62-65H,3-4,6-8,10-12,16-27,29-32H2,1-2H3. The van der Waals surface area contributed by atoms with Crippen molar-refractivity contribution < 1.29 is 39.9 Å². The number of rotatable bonds is 5. The lowest BCUT2D eigenvalue weighted by Crippen LogP contribution is -2.82. The third-order valence-corrected chi connectivity index (χ3v) is 23.6. The molecule has 0 saturated heterocycles. The highest BCUT2D eigenvalue weighted by Gasteiger charge is 2.85. The average Bonchev–Trinajstić information content (AvgIpc) is 4.16. The van der Waals surface area contributed by atoms with Gasteiger partial charge in [0, 0.05) is 52.7 Å². The van der Waals surface area contributed by atoms with E-state index in [1.807, 2.05) is 25.2 Å². The van der Waals surface area contributed by atoms with Crippen molar-refractivity contribution in [2.45, 2.75) is 196 Å². The molecule has 0 amide bonds. The van der Waals surface area contributed by atoms with Gasteiger partial charge in [-0.3, -0.25) is 0 Å². The molecule has 1 heterocycles. The van der Waals surface area contributed by atoms with Gasteiger partial charge in [-0.25, -0.2) is 4.79 Å². The molecule has 1 aliphatic heterocycles. The number of carbonyl (C=O) groups excluding carboxylic acids is 2. The molecular formula is C57H77NO8. The number of benzene rings is 1. The number of ether oxygens (including phenoxy) is 1. The van der Waals surface area contributed by atoms with Gasteiger partial charge in [0.05, 0.1) is 29.3 Å². The molecule has 9 saturated carbocycles. The van der Waals surface area contributed by atoms with E-state index in [1.165, 1.54) is 25.7 Å². The molecule has 17 unspecified atom stereocenters. The number of aldehydes is 1. The molecule has 66 heavy (non-hydrogen) atoms. The summed E-state index contributed by atoms with van der Waals surface area (Å²) < 4.78 is 6.35. The van der Waals surface area contributed by atoms with Crippen LogP contribution in [0.2, 0.25) is 0 Å². The Balaban J connectivity index is 1.04. The van der Waals surface area contributed by atoms with Gasteiger partial charge in [0.2, 0.25) is 0 Å². The zero-order valence-corrected chi connectivity index (χ0v) is 39.7. The van der Waals surface area contributed by atoms with E-state index in [4.69, 9.17) is 4.74 Å². The van der Waals surface area contributed by atoms with E-state index in [2.05, 4.69) is 24.1 Å². The minimum atomic E-state index is -1.72. The normalized spacial score (nSPS) is 49.1. The minimum Gasteiger partial charge on any atom is -0.454 e. The van der Waals surface area contributed by atoms with Crippen LogP contribution in [-0.2, 0) is 27.4 Å². The van der Waals surface area contributed by atoms with E-state index in [9.17, 15) is 30.3 Å². The largest absolute Gasteiger partial charge is 0.454 e. The first-order valence-corrected chi connectivity index (χ1v) is 26.9. The number of nitrogens with one attached hydrogen (secondary N) is 1. The van der Waals surface area contributed by atoms with Gasteiger partial charge in [0.25, 0.3) is 0 Å². The molecular weight excluding hydrogens is 827 g/mol. The van der Waals surface area contributed by atoms with Crippen molar-refractivity contribution >= 4 is 12.3 Å². The molecule has 11 aliphatic carbocycles. The van der Waals surface area contributed by atoms with Crippen molar-refractivity contribution in [3.63, 3.8) is 0 Å². The lowest BCUT2D eigenvalue weighted by atomic mass is 9.32. The van der Waals surface area contributed by atoms with Crippen LogP contribution in [0.25, 0.3) is 0 Å². The van der Waals surface area contributed by atoms with Crippen LogP contribution in [0.4, 0.5) is 0 Å². The lowest BCUT2D eigenvalue weighted by Gasteiger charge is -2.74. The van der Waals surface area contributed by atoms with Gasteiger partial charge in [0.1, 0.15) is 18.0 Å². The van der Waals surface area contributed by atoms with Gasteiger partial charge < -0.3 is 40.4 Å². The van der Waals surface area contributed by atoms with Gasteiger partial charge in [-0.2, -0.15) is 0 Å². The first-order chi connectivity index (χ1) is 31.8. The molecule has 9 fully saturated rings. The smallest absolute Gasteiger partial charge is 0.331 e. The van der Waals surface area contributed by atoms with E-state index in [-0.39, 0.29) is 54.1 Å². The average molecular weight is 904 g/mol. The number of hydrogen-bond acceptors (Lipinski definition) is 9. The van der Waals surface area contributed by atoms with Crippen LogP contribution in [-0.4, -0.2) is 79.9 Å². The molecule has 17 atom stereocenters. The maximum atomic E-state index is 15.1. The third-order valence-electron chi connectivity index (χ3n) is 23.6. The van der Waals surface area contributed by atoms with Crippen molar-refractivity contribution in [2.24, 2.45) is 74.9 Å². The number of likely N-dealkylation sites (N-methyl/N-ethyl adjacent to an activating group) is 1. The molecule has 0 aromatic heterocycles. The monoisotopic (exact) mass is 904 g/mol. The first-order valence-electron chi connectivity index (χ1n) is 26.9. The number of esters is 1. The molecule has 9 heteroatoms. The molecule has 1 aromatic carbocycles. The first kappa shape index (κ1) is 44.6. The molecule has 9 nitrogen and oxygen atoms in total. The van der Waals surface area contributed by atoms with Crippen LogP contribution < -0.4 is 5.32 Å². The molecule has 358 valence electrons. The van der Waals surface area contributed by atoms with E-state index in [1.54, 1.807) is 6.08 Å². The Morgan fingerprint density at radius 3 is 2.45 bits per heavy atom. The van der Waals surface area contributed by atoms with E-state index in [0.717, 1.165) is 79.9 Å². The fourth-order valence-corrected chi connectivity index (χ4v) is 21.0. The summed E-state index contributed by atoms with van der Waals surface area (Å²) in [4.78, 5) is 28.7. The summed E-state index contributed by atoms with van der Waals surface area (Å²) in [5.41, 5.74) is -4.07. The second-order valence-electron chi connectivity index (χ2n) is 25.0. The number of carbonyl (C=O) groups is 2. The van der Waals surface area contributed by atoms with Gasteiger partial charge in [-0.1, -0.05) is 75.8 Å². The maximum Gasteiger partial charge on any atom is 0.331 e. The van der Waals surface area contributed by atoms with Crippen molar-refractivity contribution in [2.75, 3.05) is 7.05 Å². The number of aliphatic hydroxyl groups is 5. The quantitative estimate of drug-likeness (QED) is 0.100. The Labute approximate surface area is 392 Å². The van der Waals surface area contributed by atoms with Crippen molar-refractivity contribution in [1.29, 1.82) is 0 Å². The second kappa shape index (κ2) is 15.5. The zero-order chi connectivity index (χ0) is 45.6. The predicted molar refractivity (Wildman–Crippen MR) is 249 cm³/mol. The summed E-state index contributed by atoms with van der Waals surface area (Å²) >= 11 is 0. The summed E-state index contributed by atoms with van der Waals surface area (Å²) in [5, 5.41) is 70.9. The summed E-state index contributed by atoms with van der Waals surface area (Å²) in [6, 6.07) is 5.81. The van der Waals surface area contributed by atoms with E-state index >= 15 is 4.79 Å². The van der Waals surface area contributed by atoms with Crippen molar-refractivity contribution in [3.05, 3.63) is 46.5 Å². The Morgan fingerprint density at radius 1 is 0.909 bits per heavy atom. The van der Waals surface area contributed by atoms with E-state index in [0.29, 0.717) is 76.0 Å². The van der Waals surface area contributed by atoms with Crippen LogP contribution in [0.3, 0.4) is 0 Å². The fraction of sp³-hybridized carbons (Fsp3) is 0.789. The van der Waals surface area contributed by atoms with Gasteiger partial charge in [-0.05, 0) is 167 Å². The highest BCUT2D eigenvalue weighted by Crippen LogP contribution is 2.81. The maximum absolute atomic E-state index is 15.1. The van der Waals surface area contributed by atoms with Gasteiger partial charge >= 0.3 is 5.97 Å². The number of hydrogen-bond donors (Lipinski definition) is 6. The fourth-order valence-electron chi connectivity index (χ4n) is 21.0. The minimum absolute atomic E-state index is 0.0713. The predicted octanol–water partition coefficient (Wildman–Crippen LogP) is 7.50. The summed E-state index contributed by atoms with van der Waals surface area (Å²) in [6.07, 6.45) is 20.2. The molecule has 6 N–H and O–H groups in total. The molecule has 0 radical (unpaired) electrons. The molecule has 3 spiro atoms. The zero-order valence-electron chi connectivity index (χ0n) is 39.7. The number of aliphatic hydroxyl groups excluding tert-OH is 2.